The summed E-state index contributed by atoms with van der Waals surface area (Å²) in [5.41, 5.74) is 0. The van der Waals surface area contributed by atoms with Crippen molar-refractivity contribution in [1.82, 2.24) is 10.6 Å². The van der Waals surface area contributed by atoms with Crippen LogP contribution in [-0.4, -0.2) is 25.5 Å². The van der Waals surface area contributed by atoms with E-state index in [0.717, 1.165) is 19.5 Å². The highest BCUT2D eigenvalue weighted by Gasteiger charge is 2.04. The third-order valence-electron chi connectivity index (χ3n) is 3.60. The number of unbranched alkanes of at least 4 members (excludes halogenated alkanes) is 8. The van der Waals surface area contributed by atoms with E-state index in [2.05, 4.69) is 17.6 Å². The lowest BCUT2D eigenvalue weighted by Gasteiger charge is -2.07. The molecule has 0 bridgehead atoms. The minimum Gasteiger partial charge on any atom is -0.356 e. The number of nitrogens with one attached hydrogen (secondary N) is 2. The Kier molecular flexibility index (Phi) is 14.4. The number of hydrogen-bond donors (Lipinski definition) is 2. The van der Waals surface area contributed by atoms with Crippen molar-refractivity contribution in [2.45, 2.75) is 78.6 Å². The maximum absolute atomic E-state index is 11.3. The van der Waals surface area contributed by atoms with Crippen LogP contribution in [0.25, 0.3) is 0 Å². The fourth-order valence-electron chi connectivity index (χ4n) is 2.20. The molecule has 0 aliphatic carbocycles. The molecule has 0 fully saturated rings. The molecule has 0 unspecified atom stereocenters. The molecule has 0 atom stereocenters. The van der Waals surface area contributed by atoms with Gasteiger partial charge in [0, 0.05) is 12.5 Å². The second kappa shape index (κ2) is 14.8. The summed E-state index contributed by atoms with van der Waals surface area (Å²) in [6.45, 7) is 9.16. The van der Waals surface area contributed by atoms with Crippen molar-refractivity contribution in [3.63, 3.8) is 0 Å². The van der Waals surface area contributed by atoms with Crippen molar-refractivity contribution in [3.05, 3.63) is 0 Å². The second-order valence-corrected chi connectivity index (χ2v) is 5.98. The van der Waals surface area contributed by atoms with Crippen molar-refractivity contribution >= 4 is 5.91 Å². The Morgan fingerprint density at radius 3 is 1.70 bits per heavy atom. The number of hydrogen-bond acceptors (Lipinski definition) is 2. The molecule has 3 heteroatoms. The predicted molar refractivity (Wildman–Crippen MR) is 87.9 cm³/mol. The minimum atomic E-state index is 0.113. The summed E-state index contributed by atoms with van der Waals surface area (Å²) in [5, 5.41) is 6.34. The fraction of sp³-hybridized carbons (Fsp3) is 0.941. The molecule has 120 valence electrons. The summed E-state index contributed by atoms with van der Waals surface area (Å²) in [5.74, 6) is 0.296. The van der Waals surface area contributed by atoms with E-state index in [1.807, 2.05) is 13.8 Å². The first kappa shape index (κ1) is 19.4. The largest absolute Gasteiger partial charge is 0.356 e. The molecular weight excluding hydrogens is 248 g/mol. The number of carbonyl (C=O) groups is 1. The van der Waals surface area contributed by atoms with Crippen LogP contribution in [-0.2, 0) is 4.79 Å². The lowest BCUT2D eigenvalue weighted by molar-refractivity contribution is -0.123. The van der Waals surface area contributed by atoms with Crippen molar-refractivity contribution < 1.29 is 4.79 Å². The molecule has 0 aliphatic rings. The van der Waals surface area contributed by atoms with Crippen molar-refractivity contribution in [2.24, 2.45) is 5.92 Å². The van der Waals surface area contributed by atoms with Gasteiger partial charge in [-0.15, -0.1) is 0 Å². The maximum Gasteiger partial charge on any atom is 0.222 e. The van der Waals surface area contributed by atoms with Crippen LogP contribution in [0.15, 0.2) is 0 Å². The van der Waals surface area contributed by atoms with Gasteiger partial charge in [0.25, 0.3) is 0 Å². The van der Waals surface area contributed by atoms with Gasteiger partial charge < -0.3 is 10.6 Å². The molecule has 0 saturated heterocycles. The van der Waals surface area contributed by atoms with Gasteiger partial charge in [-0.05, 0) is 25.9 Å². The zero-order valence-electron chi connectivity index (χ0n) is 14.0. The van der Waals surface area contributed by atoms with Crippen LogP contribution >= 0.6 is 0 Å². The quantitative estimate of drug-likeness (QED) is 0.475. The SMILES string of the molecule is CCNCCCCCCCCCCCNC(=O)C(C)C. The predicted octanol–water partition coefficient (Wildman–Crippen LogP) is 3.88. The highest BCUT2D eigenvalue weighted by Crippen LogP contribution is 2.09. The van der Waals surface area contributed by atoms with Gasteiger partial charge in [0.15, 0.2) is 0 Å². The standard InChI is InChI=1S/C17H36N2O/c1-4-18-14-12-10-8-6-5-7-9-11-13-15-19-17(20)16(2)3/h16,18H,4-15H2,1-3H3,(H,19,20). The van der Waals surface area contributed by atoms with E-state index in [4.69, 9.17) is 0 Å². The molecule has 3 nitrogen and oxygen atoms in total. The molecule has 20 heavy (non-hydrogen) atoms. The van der Waals surface area contributed by atoms with Crippen molar-refractivity contribution in [1.29, 1.82) is 0 Å². The van der Waals surface area contributed by atoms with Crippen LogP contribution < -0.4 is 10.6 Å². The molecule has 0 spiro atoms. The molecule has 0 aromatic carbocycles. The fourth-order valence-corrected chi connectivity index (χ4v) is 2.20. The topological polar surface area (TPSA) is 41.1 Å². The van der Waals surface area contributed by atoms with Crippen LogP contribution in [0.3, 0.4) is 0 Å². The first-order valence-electron chi connectivity index (χ1n) is 8.67. The van der Waals surface area contributed by atoms with Gasteiger partial charge in [0.05, 0.1) is 0 Å². The van der Waals surface area contributed by atoms with Gasteiger partial charge in [-0.3, -0.25) is 4.79 Å². The van der Waals surface area contributed by atoms with Gasteiger partial charge in [-0.1, -0.05) is 65.7 Å². The molecule has 0 rings (SSSR count). The Bertz CT molecular complexity index is 217. The zero-order chi connectivity index (χ0) is 15.1. The highest BCUT2D eigenvalue weighted by atomic mass is 16.1. The first-order valence-corrected chi connectivity index (χ1v) is 8.67. The third kappa shape index (κ3) is 13.9. The van der Waals surface area contributed by atoms with Crippen LogP contribution in [0.4, 0.5) is 0 Å². The summed E-state index contributed by atoms with van der Waals surface area (Å²) < 4.78 is 0. The average molecular weight is 284 g/mol. The highest BCUT2D eigenvalue weighted by molar-refractivity contribution is 5.77. The Hall–Kier alpha value is -0.570. The second-order valence-electron chi connectivity index (χ2n) is 5.98. The lowest BCUT2D eigenvalue weighted by Crippen LogP contribution is -2.28. The minimum absolute atomic E-state index is 0.113. The molecular formula is C17H36N2O. The summed E-state index contributed by atoms with van der Waals surface area (Å²) in [7, 11) is 0. The molecule has 0 heterocycles. The summed E-state index contributed by atoms with van der Waals surface area (Å²) in [6, 6.07) is 0. The Morgan fingerprint density at radius 1 is 0.800 bits per heavy atom. The Labute approximate surface area is 126 Å². The monoisotopic (exact) mass is 284 g/mol. The van der Waals surface area contributed by atoms with E-state index in [9.17, 15) is 4.79 Å². The molecule has 0 aliphatic heterocycles. The zero-order valence-corrected chi connectivity index (χ0v) is 14.0. The maximum atomic E-state index is 11.3. The van der Waals surface area contributed by atoms with Gasteiger partial charge in [-0.25, -0.2) is 0 Å². The molecule has 0 saturated carbocycles. The van der Waals surface area contributed by atoms with Gasteiger partial charge in [0.1, 0.15) is 0 Å². The van der Waals surface area contributed by atoms with E-state index >= 15 is 0 Å². The van der Waals surface area contributed by atoms with Crippen LogP contribution in [0.1, 0.15) is 78.6 Å². The van der Waals surface area contributed by atoms with Crippen molar-refractivity contribution in [3.8, 4) is 0 Å². The molecule has 0 aromatic rings. The van der Waals surface area contributed by atoms with Gasteiger partial charge >= 0.3 is 0 Å². The van der Waals surface area contributed by atoms with Crippen LogP contribution in [0, 0.1) is 5.92 Å². The summed E-state index contributed by atoms with van der Waals surface area (Å²) in [6.07, 6.45) is 11.9. The first-order chi connectivity index (χ1) is 9.68. The van der Waals surface area contributed by atoms with E-state index in [1.54, 1.807) is 0 Å². The van der Waals surface area contributed by atoms with Crippen LogP contribution in [0.2, 0.25) is 0 Å². The number of rotatable bonds is 14. The molecule has 1 amide bonds. The molecule has 0 radical (unpaired) electrons. The Balaban J connectivity index is 3.04. The number of amides is 1. The summed E-state index contributed by atoms with van der Waals surface area (Å²) in [4.78, 5) is 11.3. The van der Waals surface area contributed by atoms with E-state index in [1.165, 1.54) is 57.9 Å². The Morgan fingerprint density at radius 2 is 1.25 bits per heavy atom. The van der Waals surface area contributed by atoms with E-state index in [0.29, 0.717) is 0 Å². The third-order valence-corrected chi connectivity index (χ3v) is 3.60. The van der Waals surface area contributed by atoms with Crippen molar-refractivity contribution in [2.75, 3.05) is 19.6 Å². The molecule has 0 aromatic heterocycles. The smallest absolute Gasteiger partial charge is 0.222 e. The average Bonchev–Trinajstić information content (AvgIpc) is 2.43. The van der Waals surface area contributed by atoms with E-state index in [-0.39, 0.29) is 11.8 Å². The van der Waals surface area contributed by atoms with Gasteiger partial charge in [-0.2, -0.15) is 0 Å². The summed E-state index contributed by atoms with van der Waals surface area (Å²) >= 11 is 0. The van der Waals surface area contributed by atoms with Crippen LogP contribution in [0.5, 0.6) is 0 Å². The number of carbonyl (C=O) groups excluding carboxylic acids is 1. The van der Waals surface area contributed by atoms with E-state index < -0.39 is 0 Å². The lowest BCUT2D eigenvalue weighted by atomic mass is 10.1. The van der Waals surface area contributed by atoms with Gasteiger partial charge in [0.2, 0.25) is 5.91 Å². The molecule has 2 N–H and O–H groups in total. The normalized spacial score (nSPS) is 11.0.